The van der Waals surface area contributed by atoms with Gasteiger partial charge in [-0.2, -0.15) is 9.44 Å². The first-order valence-corrected chi connectivity index (χ1v) is 16.8. The molecule has 0 aliphatic heterocycles. The van der Waals surface area contributed by atoms with Crippen LogP contribution >= 0.6 is 0 Å². The summed E-state index contributed by atoms with van der Waals surface area (Å²) in [7, 11) is -9.03. The molecule has 0 aliphatic carbocycles. The van der Waals surface area contributed by atoms with Crippen molar-refractivity contribution >= 4 is 53.5 Å². The summed E-state index contributed by atoms with van der Waals surface area (Å²) in [5, 5.41) is 2.80. The predicted molar refractivity (Wildman–Crippen MR) is 168 cm³/mol. The highest BCUT2D eigenvalue weighted by atomic mass is 32.2. The molecule has 0 spiro atoms. The van der Waals surface area contributed by atoms with Crippen molar-refractivity contribution in [1.82, 2.24) is 9.44 Å². The lowest BCUT2D eigenvalue weighted by atomic mass is 10.1. The van der Waals surface area contributed by atoms with Crippen LogP contribution in [0.4, 0.5) is 0 Å². The Labute approximate surface area is 257 Å². The van der Waals surface area contributed by atoms with E-state index in [4.69, 9.17) is 9.47 Å². The van der Waals surface area contributed by atoms with Gasteiger partial charge in [0.15, 0.2) is 0 Å². The Balaban J connectivity index is 1.81. The SMILES string of the molecule is CC(C)(C)OC(=O)[C@@H](NS(=O)(=O)c1ccc2ccccc2c1)[C@@H](NS(=O)(=O)c1ccc2ccccc2c1)C(=O)OC(C)(C)C. The molecular formula is C32H36N2O8S2. The fraction of sp³-hybridized carbons (Fsp3) is 0.312. The number of hydrogen-bond acceptors (Lipinski definition) is 8. The standard InChI is InChI=1S/C32H36N2O8S2/c1-31(2,3)41-29(35)27(33-43(37,38)25-17-15-21-11-7-9-13-23(21)19-25)28(30(36)42-32(4,5)6)34-44(39,40)26-18-16-22-12-8-10-14-24(22)20-26/h7-20,27-28,33-34H,1-6H3/t27-,28+. The third kappa shape index (κ3) is 8.20. The van der Waals surface area contributed by atoms with Crippen LogP contribution in [0.3, 0.4) is 0 Å². The van der Waals surface area contributed by atoms with Crippen LogP contribution in [-0.4, -0.2) is 52.1 Å². The van der Waals surface area contributed by atoms with Gasteiger partial charge in [-0.05, 0) is 87.4 Å². The van der Waals surface area contributed by atoms with E-state index in [0.717, 1.165) is 10.8 Å². The van der Waals surface area contributed by atoms with Crippen LogP contribution in [0, 0.1) is 0 Å². The first kappa shape index (κ1) is 33.1. The van der Waals surface area contributed by atoms with E-state index in [-0.39, 0.29) is 9.79 Å². The van der Waals surface area contributed by atoms with Gasteiger partial charge in [-0.15, -0.1) is 0 Å². The van der Waals surface area contributed by atoms with E-state index in [2.05, 4.69) is 9.44 Å². The molecule has 0 radical (unpaired) electrons. The van der Waals surface area contributed by atoms with Crippen molar-refractivity contribution in [3.8, 4) is 0 Å². The van der Waals surface area contributed by atoms with Crippen LogP contribution < -0.4 is 9.44 Å². The lowest BCUT2D eigenvalue weighted by Gasteiger charge is -2.31. The number of carbonyl (C=O) groups is 2. The quantitative estimate of drug-likeness (QED) is 0.251. The monoisotopic (exact) mass is 640 g/mol. The zero-order valence-corrected chi connectivity index (χ0v) is 27.0. The predicted octanol–water partition coefficient (Wildman–Crippen LogP) is 4.67. The molecule has 0 aliphatic rings. The molecule has 0 saturated heterocycles. The molecule has 234 valence electrons. The van der Waals surface area contributed by atoms with Gasteiger partial charge in [-0.1, -0.05) is 60.7 Å². The number of rotatable bonds is 9. The summed E-state index contributed by atoms with van der Waals surface area (Å²) in [5.41, 5.74) is -2.22. The van der Waals surface area contributed by atoms with Gasteiger partial charge >= 0.3 is 11.9 Å². The third-order valence-electron chi connectivity index (χ3n) is 6.28. The van der Waals surface area contributed by atoms with E-state index in [9.17, 15) is 26.4 Å². The van der Waals surface area contributed by atoms with Gasteiger partial charge in [0, 0.05) is 0 Å². The molecule has 4 rings (SSSR count). The van der Waals surface area contributed by atoms with Gasteiger partial charge < -0.3 is 9.47 Å². The minimum Gasteiger partial charge on any atom is -0.459 e. The average Bonchev–Trinajstić information content (AvgIpc) is 2.92. The smallest absolute Gasteiger partial charge is 0.326 e. The van der Waals surface area contributed by atoms with Crippen LogP contribution in [0.1, 0.15) is 41.5 Å². The molecular weight excluding hydrogens is 604 g/mol. The molecule has 2 atom stereocenters. The van der Waals surface area contributed by atoms with Crippen molar-refractivity contribution < 1.29 is 35.9 Å². The molecule has 0 amide bonds. The summed E-state index contributed by atoms with van der Waals surface area (Å²) in [6.07, 6.45) is 0. The maximum Gasteiger partial charge on any atom is 0.326 e. The second-order valence-electron chi connectivity index (χ2n) is 12.3. The fourth-order valence-electron chi connectivity index (χ4n) is 4.37. The van der Waals surface area contributed by atoms with Crippen molar-refractivity contribution in [3.05, 3.63) is 84.9 Å². The third-order valence-corrected chi connectivity index (χ3v) is 9.16. The van der Waals surface area contributed by atoms with E-state index in [1.165, 1.54) is 24.3 Å². The minimum absolute atomic E-state index is 0.204. The van der Waals surface area contributed by atoms with Gasteiger partial charge in [0.2, 0.25) is 20.0 Å². The Hall–Kier alpha value is -3.84. The first-order chi connectivity index (χ1) is 20.3. The molecule has 0 aromatic heterocycles. The Morgan fingerprint density at radius 2 is 0.864 bits per heavy atom. The molecule has 0 heterocycles. The zero-order chi connectivity index (χ0) is 32.5. The highest BCUT2D eigenvalue weighted by molar-refractivity contribution is 7.90. The topological polar surface area (TPSA) is 145 Å². The summed E-state index contributed by atoms with van der Waals surface area (Å²) < 4.78 is 70.2. The van der Waals surface area contributed by atoms with Crippen LogP contribution in [0.15, 0.2) is 94.7 Å². The van der Waals surface area contributed by atoms with E-state index in [1.54, 1.807) is 90.1 Å². The summed E-state index contributed by atoms with van der Waals surface area (Å²) >= 11 is 0. The van der Waals surface area contributed by atoms with Crippen molar-refractivity contribution in [2.75, 3.05) is 0 Å². The number of sulfonamides is 2. The molecule has 12 heteroatoms. The second-order valence-corrected chi connectivity index (χ2v) is 15.7. The number of ether oxygens (including phenoxy) is 2. The highest BCUT2D eigenvalue weighted by Crippen LogP contribution is 2.23. The Kier molecular flexibility index (Phi) is 9.22. The summed E-state index contributed by atoms with van der Waals surface area (Å²) in [4.78, 5) is 26.8. The maximum atomic E-state index is 13.7. The summed E-state index contributed by atoms with van der Waals surface area (Å²) in [6, 6.07) is 18.8. The van der Waals surface area contributed by atoms with Crippen LogP contribution in [0.25, 0.3) is 21.5 Å². The summed E-state index contributed by atoms with van der Waals surface area (Å²) in [5.74, 6) is -2.36. The largest absolute Gasteiger partial charge is 0.459 e. The van der Waals surface area contributed by atoms with Crippen LogP contribution in [-0.2, 0) is 39.1 Å². The summed E-state index contributed by atoms with van der Waals surface area (Å²) in [6.45, 7) is 9.34. The van der Waals surface area contributed by atoms with Crippen molar-refractivity contribution in [2.45, 2.75) is 74.6 Å². The van der Waals surface area contributed by atoms with Gasteiger partial charge in [0.1, 0.15) is 23.3 Å². The van der Waals surface area contributed by atoms with Gasteiger partial charge in [0.05, 0.1) is 9.79 Å². The van der Waals surface area contributed by atoms with E-state index >= 15 is 0 Å². The lowest BCUT2D eigenvalue weighted by molar-refractivity contribution is -0.166. The van der Waals surface area contributed by atoms with Crippen molar-refractivity contribution in [2.24, 2.45) is 0 Å². The molecule has 0 saturated carbocycles. The molecule has 4 aromatic rings. The molecule has 0 bridgehead atoms. The van der Waals surface area contributed by atoms with Crippen LogP contribution in [0.2, 0.25) is 0 Å². The molecule has 44 heavy (non-hydrogen) atoms. The van der Waals surface area contributed by atoms with Gasteiger partial charge in [-0.25, -0.2) is 16.8 Å². The molecule has 4 aromatic carbocycles. The number of fused-ring (bicyclic) bond motifs is 2. The minimum atomic E-state index is -4.52. The van der Waals surface area contributed by atoms with Crippen LogP contribution in [0.5, 0.6) is 0 Å². The molecule has 0 fully saturated rings. The molecule has 2 N–H and O–H groups in total. The molecule has 10 nitrogen and oxygen atoms in total. The van der Waals surface area contributed by atoms with Crippen molar-refractivity contribution in [1.29, 1.82) is 0 Å². The van der Waals surface area contributed by atoms with E-state index in [1.807, 2.05) is 12.1 Å². The van der Waals surface area contributed by atoms with E-state index in [0.29, 0.717) is 10.8 Å². The Bertz CT molecular complexity index is 1780. The van der Waals surface area contributed by atoms with Crippen molar-refractivity contribution in [3.63, 3.8) is 0 Å². The Morgan fingerprint density at radius 3 is 1.18 bits per heavy atom. The fourth-order valence-corrected chi connectivity index (χ4v) is 6.84. The molecule has 0 unspecified atom stereocenters. The highest BCUT2D eigenvalue weighted by Gasteiger charge is 2.44. The lowest BCUT2D eigenvalue weighted by Crippen LogP contribution is -2.60. The normalized spacial score (nSPS) is 14.2. The number of benzene rings is 4. The maximum absolute atomic E-state index is 13.7. The van der Waals surface area contributed by atoms with Gasteiger partial charge in [-0.3, -0.25) is 9.59 Å². The number of nitrogens with one attached hydrogen (secondary N) is 2. The second kappa shape index (κ2) is 12.3. The number of esters is 2. The van der Waals surface area contributed by atoms with Gasteiger partial charge in [0.25, 0.3) is 0 Å². The van der Waals surface area contributed by atoms with E-state index < -0.39 is 55.3 Å². The number of hydrogen-bond donors (Lipinski definition) is 2. The number of carbonyl (C=O) groups excluding carboxylic acids is 2. The first-order valence-electron chi connectivity index (χ1n) is 13.8. The average molecular weight is 641 g/mol. The Morgan fingerprint density at radius 1 is 0.545 bits per heavy atom. The zero-order valence-electron chi connectivity index (χ0n) is 25.3.